The van der Waals surface area contributed by atoms with Gasteiger partial charge in [-0.2, -0.15) is 0 Å². The van der Waals surface area contributed by atoms with Crippen molar-refractivity contribution in [2.24, 2.45) is 0 Å². The van der Waals surface area contributed by atoms with Gasteiger partial charge in [0.05, 0.1) is 22.8 Å². The summed E-state index contributed by atoms with van der Waals surface area (Å²) in [6, 6.07) is 3.49. The van der Waals surface area contributed by atoms with Crippen molar-refractivity contribution in [1.29, 1.82) is 0 Å². The number of hydrogen-bond donors (Lipinski definition) is 2. The van der Waals surface area contributed by atoms with Gasteiger partial charge in [0.2, 0.25) is 10.0 Å². The first kappa shape index (κ1) is 17.2. The lowest BCUT2D eigenvalue weighted by Gasteiger charge is -2.05. The summed E-state index contributed by atoms with van der Waals surface area (Å²) >= 11 is 6.44. The van der Waals surface area contributed by atoms with Crippen LogP contribution in [0.3, 0.4) is 0 Å². The van der Waals surface area contributed by atoms with Crippen LogP contribution in [0.5, 0.6) is 0 Å². The Balaban J connectivity index is 0.000000188. The fraction of sp³-hybridized carbons (Fsp3) is 0.231. The van der Waals surface area contributed by atoms with Gasteiger partial charge in [0.15, 0.2) is 0 Å². The van der Waals surface area contributed by atoms with Gasteiger partial charge >= 0.3 is 0 Å². The number of aromatic nitrogens is 2. The summed E-state index contributed by atoms with van der Waals surface area (Å²) in [6.45, 7) is 0. The molecule has 0 atom stereocenters. The van der Waals surface area contributed by atoms with Crippen LogP contribution in [0.4, 0.5) is 11.4 Å². The van der Waals surface area contributed by atoms with Crippen LogP contribution in [-0.2, 0) is 10.0 Å². The van der Waals surface area contributed by atoms with E-state index in [-0.39, 0.29) is 5.25 Å². The molecule has 0 amide bonds. The number of nitrogen functional groups attached to an aromatic ring is 1. The van der Waals surface area contributed by atoms with Gasteiger partial charge in [0.1, 0.15) is 0 Å². The van der Waals surface area contributed by atoms with Crippen LogP contribution in [0.15, 0.2) is 45.9 Å². The normalized spacial score (nSPS) is 13.9. The van der Waals surface area contributed by atoms with E-state index in [1.807, 2.05) is 0 Å². The molecular formula is C13H14Br2N4O2S. The van der Waals surface area contributed by atoms with E-state index >= 15 is 0 Å². The van der Waals surface area contributed by atoms with Crippen LogP contribution in [0.25, 0.3) is 0 Å². The minimum atomic E-state index is -3.17. The largest absolute Gasteiger partial charge is 0.397 e. The topological polar surface area (TPSA) is 98.0 Å². The van der Waals surface area contributed by atoms with E-state index in [1.165, 1.54) is 6.20 Å². The summed E-state index contributed by atoms with van der Waals surface area (Å²) in [4.78, 5) is 7.69. The highest BCUT2D eigenvalue weighted by Gasteiger charge is 2.35. The number of halogens is 2. The molecule has 0 aliphatic heterocycles. The summed E-state index contributed by atoms with van der Waals surface area (Å²) in [6.07, 6.45) is 7.91. The molecule has 0 bridgehead atoms. The minimum Gasteiger partial charge on any atom is -0.397 e. The van der Waals surface area contributed by atoms with E-state index in [0.717, 1.165) is 21.8 Å². The van der Waals surface area contributed by atoms with E-state index in [4.69, 9.17) is 5.73 Å². The molecular weight excluding hydrogens is 436 g/mol. The predicted molar refractivity (Wildman–Crippen MR) is 93.9 cm³/mol. The minimum absolute atomic E-state index is 0.207. The van der Waals surface area contributed by atoms with Gasteiger partial charge in [-0.1, -0.05) is 0 Å². The van der Waals surface area contributed by atoms with Gasteiger partial charge in [-0.15, -0.1) is 0 Å². The van der Waals surface area contributed by atoms with E-state index < -0.39 is 10.0 Å². The molecule has 2 aromatic heterocycles. The summed E-state index contributed by atoms with van der Waals surface area (Å²) < 4.78 is 27.2. The van der Waals surface area contributed by atoms with Crippen LogP contribution in [-0.4, -0.2) is 23.6 Å². The Morgan fingerprint density at radius 1 is 1.05 bits per heavy atom. The van der Waals surface area contributed by atoms with Crippen LogP contribution >= 0.6 is 31.9 Å². The molecule has 3 N–H and O–H groups in total. The van der Waals surface area contributed by atoms with Crippen molar-refractivity contribution in [2.75, 3.05) is 10.5 Å². The van der Waals surface area contributed by atoms with Crippen molar-refractivity contribution in [1.82, 2.24) is 9.97 Å². The molecule has 118 valence electrons. The molecule has 0 spiro atoms. The maximum Gasteiger partial charge on any atom is 0.235 e. The standard InChI is InChI=1S/C8H9BrN2O2S.C5H5BrN2/c9-6-3-7(5-10-4-6)11-14(12,13)8-1-2-8;6-4-1-5(7)3-8-2-4/h3-5,8,11H,1-2H2;1-3H,7H2. The maximum atomic E-state index is 11.5. The highest BCUT2D eigenvalue weighted by atomic mass is 79.9. The number of rotatable bonds is 3. The Kier molecular flexibility index (Phi) is 5.76. The second-order valence-electron chi connectivity index (χ2n) is 4.67. The van der Waals surface area contributed by atoms with E-state index in [9.17, 15) is 8.42 Å². The lowest BCUT2D eigenvalue weighted by Crippen LogP contribution is -2.17. The SMILES string of the molecule is Nc1cncc(Br)c1.O=S(=O)(Nc1cncc(Br)c1)C1CC1. The molecule has 0 saturated heterocycles. The number of nitrogens with two attached hydrogens (primary N) is 1. The average molecular weight is 450 g/mol. The molecule has 2 heterocycles. The zero-order chi connectivity index (χ0) is 16.2. The Bertz CT molecular complexity index is 734. The highest BCUT2D eigenvalue weighted by molar-refractivity contribution is 9.10. The van der Waals surface area contributed by atoms with Crippen LogP contribution in [0.1, 0.15) is 12.8 Å². The summed E-state index contributed by atoms with van der Waals surface area (Å²) in [5.74, 6) is 0. The van der Waals surface area contributed by atoms with Gasteiger partial charge in [-0.25, -0.2) is 8.42 Å². The van der Waals surface area contributed by atoms with Gasteiger partial charge in [-0.3, -0.25) is 14.7 Å². The van der Waals surface area contributed by atoms with Crippen molar-refractivity contribution in [3.8, 4) is 0 Å². The Labute approximate surface area is 145 Å². The number of hydrogen-bond acceptors (Lipinski definition) is 5. The summed E-state index contributed by atoms with van der Waals surface area (Å²) in [5, 5.41) is -0.207. The van der Waals surface area contributed by atoms with E-state index in [0.29, 0.717) is 11.4 Å². The van der Waals surface area contributed by atoms with Gasteiger partial charge < -0.3 is 5.73 Å². The molecule has 9 heteroatoms. The molecule has 0 aromatic carbocycles. The first-order valence-electron chi connectivity index (χ1n) is 6.35. The van der Waals surface area contributed by atoms with Gasteiger partial charge in [0.25, 0.3) is 0 Å². The zero-order valence-electron chi connectivity index (χ0n) is 11.4. The van der Waals surface area contributed by atoms with Gasteiger partial charge in [-0.05, 0) is 56.8 Å². The van der Waals surface area contributed by atoms with Crippen molar-refractivity contribution in [3.05, 3.63) is 45.9 Å². The second kappa shape index (κ2) is 7.38. The lowest BCUT2D eigenvalue weighted by atomic mass is 10.4. The lowest BCUT2D eigenvalue weighted by molar-refractivity contribution is 0.600. The highest BCUT2D eigenvalue weighted by Crippen LogP contribution is 2.29. The molecule has 0 unspecified atom stereocenters. The molecule has 1 saturated carbocycles. The molecule has 22 heavy (non-hydrogen) atoms. The molecule has 0 radical (unpaired) electrons. The first-order valence-corrected chi connectivity index (χ1v) is 9.48. The predicted octanol–water partition coefficient (Wildman–Crippen LogP) is 3.17. The van der Waals surface area contributed by atoms with Crippen molar-refractivity contribution < 1.29 is 8.42 Å². The van der Waals surface area contributed by atoms with E-state index in [1.54, 1.807) is 30.7 Å². The average Bonchev–Trinajstić information content (AvgIpc) is 3.23. The van der Waals surface area contributed by atoms with Crippen molar-refractivity contribution in [2.45, 2.75) is 18.1 Å². The molecule has 1 fully saturated rings. The zero-order valence-corrected chi connectivity index (χ0v) is 15.4. The Morgan fingerprint density at radius 2 is 1.64 bits per heavy atom. The second-order valence-corrected chi connectivity index (χ2v) is 8.47. The van der Waals surface area contributed by atoms with Crippen molar-refractivity contribution >= 4 is 53.3 Å². The molecule has 3 rings (SSSR count). The van der Waals surface area contributed by atoms with Crippen molar-refractivity contribution in [3.63, 3.8) is 0 Å². The molecule has 1 aliphatic carbocycles. The van der Waals surface area contributed by atoms with Crippen LogP contribution in [0.2, 0.25) is 0 Å². The van der Waals surface area contributed by atoms with E-state index in [2.05, 4.69) is 46.5 Å². The maximum absolute atomic E-state index is 11.5. The fourth-order valence-corrected chi connectivity index (χ4v) is 3.63. The van der Waals surface area contributed by atoms with Crippen LogP contribution in [0, 0.1) is 0 Å². The molecule has 2 aromatic rings. The molecule has 1 aliphatic rings. The monoisotopic (exact) mass is 448 g/mol. The summed E-state index contributed by atoms with van der Waals surface area (Å²) in [7, 11) is -3.17. The number of nitrogens with zero attached hydrogens (tertiary/aromatic N) is 2. The van der Waals surface area contributed by atoms with Crippen LogP contribution < -0.4 is 10.5 Å². The third-order valence-electron chi connectivity index (χ3n) is 2.65. The molecule has 6 nitrogen and oxygen atoms in total. The number of sulfonamides is 1. The third kappa shape index (κ3) is 5.54. The first-order chi connectivity index (χ1) is 10.4. The Morgan fingerprint density at radius 3 is 2.09 bits per heavy atom. The fourth-order valence-electron chi connectivity index (χ4n) is 1.52. The third-order valence-corrected chi connectivity index (χ3v) is 5.39. The quantitative estimate of drug-likeness (QED) is 0.749. The Hall–Kier alpha value is -1.19. The number of anilines is 2. The number of nitrogens with one attached hydrogen (secondary N) is 1. The van der Waals surface area contributed by atoms with Gasteiger partial charge in [0, 0.05) is 27.5 Å². The summed E-state index contributed by atoms with van der Waals surface area (Å²) in [5.41, 5.74) is 6.55. The smallest absolute Gasteiger partial charge is 0.235 e. The number of pyridine rings is 2.